The molecule has 3 aromatic rings. The highest BCUT2D eigenvalue weighted by atomic mass is 32.1. The lowest BCUT2D eigenvalue weighted by Crippen LogP contribution is -2.24. The van der Waals surface area contributed by atoms with Gasteiger partial charge in [-0.05, 0) is 30.6 Å². The minimum Gasteiger partial charge on any atom is -0.492 e. The van der Waals surface area contributed by atoms with Crippen molar-refractivity contribution in [3.63, 3.8) is 0 Å². The summed E-state index contributed by atoms with van der Waals surface area (Å²) < 4.78 is 11.3. The molecule has 0 radical (unpaired) electrons. The molecule has 0 aliphatic carbocycles. The van der Waals surface area contributed by atoms with Gasteiger partial charge in [0.1, 0.15) is 12.4 Å². The van der Waals surface area contributed by atoms with Gasteiger partial charge in [-0.1, -0.05) is 24.3 Å². The molecule has 114 valence electrons. The maximum absolute atomic E-state index is 5.67. The van der Waals surface area contributed by atoms with E-state index in [1.165, 1.54) is 0 Å². The SMILES string of the molecule is CN(CCOc1ccccc1)Cc1nnc(-c2cccs2)o1. The van der Waals surface area contributed by atoms with Crippen LogP contribution < -0.4 is 4.74 Å². The Bertz CT molecular complexity index is 683. The fourth-order valence-electron chi connectivity index (χ4n) is 1.96. The normalized spacial score (nSPS) is 11.0. The van der Waals surface area contributed by atoms with E-state index in [9.17, 15) is 0 Å². The number of hydrogen-bond acceptors (Lipinski definition) is 6. The summed E-state index contributed by atoms with van der Waals surface area (Å²) >= 11 is 1.59. The molecule has 0 atom stereocenters. The Morgan fingerprint density at radius 3 is 2.77 bits per heavy atom. The molecule has 2 heterocycles. The third-order valence-electron chi connectivity index (χ3n) is 3.09. The molecule has 0 N–H and O–H groups in total. The highest BCUT2D eigenvalue weighted by Crippen LogP contribution is 2.23. The van der Waals surface area contributed by atoms with Crippen LogP contribution in [-0.2, 0) is 6.54 Å². The third-order valence-corrected chi connectivity index (χ3v) is 3.95. The molecule has 0 saturated heterocycles. The van der Waals surface area contributed by atoms with Gasteiger partial charge in [0.25, 0.3) is 5.89 Å². The van der Waals surface area contributed by atoms with E-state index in [1.807, 2.05) is 54.9 Å². The van der Waals surface area contributed by atoms with Gasteiger partial charge in [0.05, 0.1) is 11.4 Å². The van der Waals surface area contributed by atoms with Crippen LogP contribution in [0.25, 0.3) is 10.8 Å². The first-order valence-corrected chi connectivity index (χ1v) is 7.92. The summed E-state index contributed by atoms with van der Waals surface area (Å²) in [6.07, 6.45) is 0. The third kappa shape index (κ3) is 3.93. The van der Waals surface area contributed by atoms with E-state index in [2.05, 4.69) is 15.1 Å². The van der Waals surface area contributed by atoms with Crippen LogP contribution in [0.2, 0.25) is 0 Å². The van der Waals surface area contributed by atoms with Crippen molar-refractivity contribution in [1.29, 1.82) is 0 Å². The molecule has 0 saturated carbocycles. The van der Waals surface area contributed by atoms with Crippen molar-refractivity contribution >= 4 is 11.3 Å². The molecule has 1 aromatic carbocycles. The lowest BCUT2D eigenvalue weighted by atomic mass is 10.3. The summed E-state index contributed by atoms with van der Waals surface area (Å²) in [4.78, 5) is 3.09. The van der Waals surface area contributed by atoms with Gasteiger partial charge in [-0.25, -0.2) is 0 Å². The predicted octanol–water partition coefficient (Wildman–Crippen LogP) is 3.31. The van der Waals surface area contributed by atoms with Gasteiger partial charge in [-0.15, -0.1) is 21.5 Å². The number of rotatable bonds is 7. The minimum atomic E-state index is 0.582. The molecule has 2 aromatic heterocycles. The van der Waals surface area contributed by atoms with Crippen molar-refractivity contribution in [3.8, 4) is 16.5 Å². The van der Waals surface area contributed by atoms with Crippen LogP contribution in [0.15, 0.2) is 52.3 Å². The van der Waals surface area contributed by atoms with Gasteiger partial charge in [0.15, 0.2) is 0 Å². The van der Waals surface area contributed by atoms with E-state index in [1.54, 1.807) is 11.3 Å². The van der Waals surface area contributed by atoms with Crippen LogP contribution in [0.4, 0.5) is 0 Å². The molecule has 0 spiro atoms. The molecule has 0 amide bonds. The second kappa shape index (κ2) is 7.20. The topological polar surface area (TPSA) is 51.4 Å². The van der Waals surface area contributed by atoms with E-state index in [0.29, 0.717) is 24.9 Å². The van der Waals surface area contributed by atoms with Crippen LogP contribution >= 0.6 is 11.3 Å². The zero-order valence-electron chi connectivity index (χ0n) is 12.3. The number of benzene rings is 1. The summed E-state index contributed by atoms with van der Waals surface area (Å²) in [6, 6.07) is 13.7. The van der Waals surface area contributed by atoms with Gasteiger partial charge in [0.2, 0.25) is 5.89 Å². The molecule has 3 rings (SSSR count). The summed E-state index contributed by atoms with van der Waals surface area (Å²) in [6.45, 7) is 2.01. The number of para-hydroxylation sites is 1. The van der Waals surface area contributed by atoms with Gasteiger partial charge in [0, 0.05) is 6.54 Å². The summed E-state index contributed by atoms with van der Waals surface area (Å²) in [7, 11) is 2.00. The number of hydrogen-bond donors (Lipinski definition) is 0. The zero-order valence-corrected chi connectivity index (χ0v) is 13.1. The van der Waals surface area contributed by atoms with E-state index in [0.717, 1.165) is 17.2 Å². The molecule has 0 fully saturated rings. The monoisotopic (exact) mass is 315 g/mol. The van der Waals surface area contributed by atoms with Crippen LogP contribution in [0, 0.1) is 0 Å². The second-order valence-corrected chi connectivity index (χ2v) is 5.83. The van der Waals surface area contributed by atoms with E-state index in [4.69, 9.17) is 9.15 Å². The highest BCUT2D eigenvalue weighted by Gasteiger charge is 2.11. The Balaban J connectivity index is 1.46. The minimum absolute atomic E-state index is 0.582. The predicted molar refractivity (Wildman–Crippen MR) is 85.9 cm³/mol. The second-order valence-electron chi connectivity index (χ2n) is 4.88. The Morgan fingerprint density at radius 2 is 2.00 bits per heavy atom. The fourth-order valence-corrected chi connectivity index (χ4v) is 2.61. The highest BCUT2D eigenvalue weighted by molar-refractivity contribution is 7.13. The first-order chi connectivity index (χ1) is 10.8. The van der Waals surface area contributed by atoms with Crippen molar-refractivity contribution in [1.82, 2.24) is 15.1 Å². The van der Waals surface area contributed by atoms with Gasteiger partial charge in [-0.2, -0.15) is 0 Å². The van der Waals surface area contributed by atoms with Gasteiger partial charge < -0.3 is 9.15 Å². The summed E-state index contributed by atoms with van der Waals surface area (Å²) in [5.41, 5.74) is 0. The maximum atomic E-state index is 5.67. The Hall–Kier alpha value is -2.18. The van der Waals surface area contributed by atoms with E-state index in [-0.39, 0.29) is 0 Å². The van der Waals surface area contributed by atoms with E-state index < -0.39 is 0 Å². The maximum Gasteiger partial charge on any atom is 0.257 e. The summed E-state index contributed by atoms with van der Waals surface area (Å²) in [5, 5.41) is 10.2. The number of likely N-dealkylation sites (N-methyl/N-ethyl adjacent to an activating group) is 1. The number of ether oxygens (including phenoxy) is 1. The summed E-state index contributed by atoms with van der Waals surface area (Å²) in [5.74, 6) is 2.08. The largest absolute Gasteiger partial charge is 0.492 e. The average Bonchev–Trinajstić information content (AvgIpc) is 3.19. The number of aromatic nitrogens is 2. The zero-order chi connectivity index (χ0) is 15.2. The molecular weight excluding hydrogens is 298 g/mol. The molecule has 0 aliphatic rings. The van der Waals surface area contributed by atoms with Crippen molar-refractivity contribution in [3.05, 3.63) is 53.7 Å². The van der Waals surface area contributed by atoms with Gasteiger partial charge >= 0.3 is 0 Å². The van der Waals surface area contributed by atoms with Crippen LogP contribution in [0.1, 0.15) is 5.89 Å². The Labute approximate surface area is 133 Å². The molecule has 5 nitrogen and oxygen atoms in total. The number of thiophene rings is 1. The van der Waals surface area contributed by atoms with Crippen molar-refractivity contribution in [2.45, 2.75) is 6.54 Å². The molecule has 0 unspecified atom stereocenters. The van der Waals surface area contributed by atoms with Crippen LogP contribution in [-0.4, -0.2) is 35.3 Å². The van der Waals surface area contributed by atoms with Gasteiger partial charge in [-0.3, -0.25) is 4.90 Å². The van der Waals surface area contributed by atoms with Crippen molar-refractivity contribution in [2.24, 2.45) is 0 Å². The van der Waals surface area contributed by atoms with Crippen LogP contribution in [0.3, 0.4) is 0 Å². The first-order valence-electron chi connectivity index (χ1n) is 7.04. The quantitative estimate of drug-likeness (QED) is 0.669. The molecule has 6 heteroatoms. The molecule has 0 aliphatic heterocycles. The first kappa shape index (κ1) is 14.7. The Morgan fingerprint density at radius 1 is 1.14 bits per heavy atom. The lowest BCUT2D eigenvalue weighted by Gasteiger charge is -2.14. The smallest absolute Gasteiger partial charge is 0.257 e. The molecule has 22 heavy (non-hydrogen) atoms. The molecular formula is C16H17N3O2S. The van der Waals surface area contributed by atoms with E-state index >= 15 is 0 Å². The lowest BCUT2D eigenvalue weighted by molar-refractivity contribution is 0.220. The van der Waals surface area contributed by atoms with Crippen molar-refractivity contribution < 1.29 is 9.15 Å². The van der Waals surface area contributed by atoms with Crippen molar-refractivity contribution in [2.75, 3.05) is 20.2 Å². The molecule has 0 bridgehead atoms. The average molecular weight is 315 g/mol. The standard InChI is InChI=1S/C16H17N3O2S/c1-19(9-10-20-13-6-3-2-4-7-13)12-15-17-18-16(21-15)14-8-5-11-22-14/h2-8,11H,9-10,12H2,1H3. The Kier molecular flexibility index (Phi) is 4.82. The van der Waals surface area contributed by atoms with Crippen LogP contribution in [0.5, 0.6) is 5.75 Å². The number of nitrogens with zero attached hydrogens (tertiary/aromatic N) is 3. The fraction of sp³-hybridized carbons (Fsp3) is 0.250.